The van der Waals surface area contributed by atoms with Crippen LogP contribution in [0.4, 0.5) is 0 Å². The fraction of sp³-hybridized carbons (Fsp3) is 0.684. The van der Waals surface area contributed by atoms with Gasteiger partial charge in [-0.1, -0.05) is 46.1 Å². The molecule has 0 aromatic heterocycles. The van der Waals surface area contributed by atoms with Gasteiger partial charge in [0.15, 0.2) is 11.5 Å². The van der Waals surface area contributed by atoms with Crippen LogP contribution in [0.3, 0.4) is 0 Å². The molecule has 1 rings (SSSR count). The van der Waals surface area contributed by atoms with Crippen molar-refractivity contribution in [2.45, 2.75) is 52.4 Å². The summed E-state index contributed by atoms with van der Waals surface area (Å²) in [6.45, 7) is 7.19. The SMILES string of the molecule is CCCC(C)CCC(C)c1ccc(OCCO)c(OCCO)c1. The van der Waals surface area contributed by atoms with Gasteiger partial charge in [0.25, 0.3) is 0 Å². The molecule has 132 valence electrons. The highest BCUT2D eigenvalue weighted by atomic mass is 16.5. The summed E-state index contributed by atoms with van der Waals surface area (Å²) in [4.78, 5) is 0. The van der Waals surface area contributed by atoms with Crippen LogP contribution >= 0.6 is 0 Å². The highest BCUT2D eigenvalue weighted by Gasteiger charge is 2.13. The average Bonchev–Trinajstić information content (AvgIpc) is 2.56. The first-order valence-corrected chi connectivity index (χ1v) is 8.73. The van der Waals surface area contributed by atoms with Crippen LogP contribution < -0.4 is 9.47 Å². The quantitative estimate of drug-likeness (QED) is 0.615. The van der Waals surface area contributed by atoms with E-state index in [0.29, 0.717) is 17.4 Å². The van der Waals surface area contributed by atoms with Crippen LogP contribution in [0.15, 0.2) is 18.2 Å². The Balaban J connectivity index is 2.73. The predicted octanol–water partition coefficient (Wildman–Crippen LogP) is 3.75. The van der Waals surface area contributed by atoms with E-state index in [2.05, 4.69) is 26.8 Å². The van der Waals surface area contributed by atoms with E-state index < -0.39 is 0 Å². The maximum Gasteiger partial charge on any atom is 0.161 e. The van der Waals surface area contributed by atoms with E-state index in [1.165, 1.54) is 24.8 Å². The average molecular weight is 324 g/mol. The Morgan fingerprint density at radius 1 is 0.913 bits per heavy atom. The van der Waals surface area contributed by atoms with Crippen LogP contribution in [-0.4, -0.2) is 36.6 Å². The monoisotopic (exact) mass is 324 g/mol. The molecule has 0 aliphatic carbocycles. The summed E-state index contributed by atoms with van der Waals surface area (Å²) in [6, 6.07) is 5.95. The molecule has 0 fully saturated rings. The molecule has 0 saturated heterocycles. The maximum absolute atomic E-state index is 8.96. The van der Waals surface area contributed by atoms with Crippen LogP contribution in [0.25, 0.3) is 0 Å². The van der Waals surface area contributed by atoms with Crippen LogP contribution in [0.5, 0.6) is 11.5 Å². The zero-order valence-corrected chi connectivity index (χ0v) is 14.8. The molecular formula is C19H32O4. The Bertz CT molecular complexity index is 433. The molecule has 0 saturated carbocycles. The Kier molecular flexibility index (Phi) is 9.72. The second-order valence-electron chi connectivity index (χ2n) is 6.22. The fourth-order valence-corrected chi connectivity index (χ4v) is 2.71. The minimum atomic E-state index is -0.0348. The van der Waals surface area contributed by atoms with Crippen molar-refractivity contribution in [1.82, 2.24) is 0 Å². The largest absolute Gasteiger partial charge is 0.487 e. The number of hydrogen-bond acceptors (Lipinski definition) is 4. The summed E-state index contributed by atoms with van der Waals surface area (Å²) in [7, 11) is 0. The normalized spacial score (nSPS) is 13.6. The Labute approximate surface area is 140 Å². The number of aliphatic hydroxyl groups is 2. The number of benzene rings is 1. The van der Waals surface area contributed by atoms with Gasteiger partial charge in [-0.2, -0.15) is 0 Å². The molecule has 0 aliphatic rings. The molecule has 4 heteroatoms. The smallest absolute Gasteiger partial charge is 0.161 e. The van der Waals surface area contributed by atoms with Gasteiger partial charge in [-0.05, 0) is 36.0 Å². The number of hydrogen-bond donors (Lipinski definition) is 2. The Morgan fingerprint density at radius 2 is 1.57 bits per heavy atom. The molecule has 0 spiro atoms. The molecule has 0 bridgehead atoms. The summed E-state index contributed by atoms with van der Waals surface area (Å²) in [5, 5.41) is 17.9. The van der Waals surface area contributed by atoms with Crippen molar-refractivity contribution in [1.29, 1.82) is 0 Å². The van der Waals surface area contributed by atoms with Crippen molar-refractivity contribution in [3.8, 4) is 11.5 Å². The van der Waals surface area contributed by atoms with Crippen molar-refractivity contribution in [3.63, 3.8) is 0 Å². The third-order valence-electron chi connectivity index (χ3n) is 4.11. The lowest BCUT2D eigenvalue weighted by Gasteiger charge is -2.18. The molecule has 4 nitrogen and oxygen atoms in total. The Hall–Kier alpha value is -1.26. The lowest BCUT2D eigenvalue weighted by atomic mass is 9.90. The van der Waals surface area contributed by atoms with Crippen molar-refractivity contribution in [2.24, 2.45) is 5.92 Å². The maximum atomic E-state index is 8.96. The second kappa shape index (κ2) is 11.3. The van der Waals surface area contributed by atoms with E-state index in [1.807, 2.05) is 12.1 Å². The Morgan fingerprint density at radius 3 is 2.17 bits per heavy atom. The first kappa shape index (κ1) is 19.8. The molecule has 2 N–H and O–H groups in total. The van der Waals surface area contributed by atoms with Crippen molar-refractivity contribution in [2.75, 3.05) is 26.4 Å². The zero-order chi connectivity index (χ0) is 17.1. The van der Waals surface area contributed by atoms with E-state index in [1.54, 1.807) is 0 Å². The van der Waals surface area contributed by atoms with Gasteiger partial charge in [0.2, 0.25) is 0 Å². The van der Waals surface area contributed by atoms with E-state index in [9.17, 15) is 0 Å². The van der Waals surface area contributed by atoms with Crippen LogP contribution in [0, 0.1) is 5.92 Å². The molecule has 0 aliphatic heterocycles. The number of rotatable bonds is 12. The van der Waals surface area contributed by atoms with Gasteiger partial charge in [0.05, 0.1) is 13.2 Å². The molecule has 0 radical (unpaired) electrons. The number of aliphatic hydroxyl groups excluding tert-OH is 2. The lowest BCUT2D eigenvalue weighted by molar-refractivity contribution is 0.178. The van der Waals surface area contributed by atoms with Crippen LogP contribution in [-0.2, 0) is 0 Å². The summed E-state index contributed by atoms with van der Waals surface area (Å²) in [5.74, 6) is 2.47. The van der Waals surface area contributed by atoms with E-state index >= 15 is 0 Å². The highest BCUT2D eigenvalue weighted by molar-refractivity contribution is 5.44. The van der Waals surface area contributed by atoms with Gasteiger partial charge in [0.1, 0.15) is 13.2 Å². The fourth-order valence-electron chi connectivity index (χ4n) is 2.71. The summed E-state index contributed by atoms with van der Waals surface area (Å²) >= 11 is 0. The van der Waals surface area contributed by atoms with E-state index in [4.69, 9.17) is 19.7 Å². The zero-order valence-electron chi connectivity index (χ0n) is 14.8. The molecule has 23 heavy (non-hydrogen) atoms. The number of ether oxygens (including phenoxy) is 2. The molecule has 2 atom stereocenters. The topological polar surface area (TPSA) is 58.9 Å². The third-order valence-corrected chi connectivity index (χ3v) is 4.11. The van der Waals surface area contributed by atoms with Gasteiger partial charge < -0.3 is 19.7 Å². The lowest BCUT2D eigenvalue weighted by Crippen LogP contribution is -2.07. The van der Waals surface area contributed by atoms with Crippen molar-refractivity contribution < 1.29 is 19.7 Å². The molecule has 2 unspecified atom stereocenters. The highest BCUT2D eigenvalue weighted by Crippen LogP contribution is 2.33. The van der Waals surface area contributed by atoms with Crippen molar-refractivity contribution in [3.05, 3.63) is 23.8 Å². The van der Waals surface area contributed by atoms with Gasteiger partial charge in [-0.3, -0.25) is 0 Å². The van der Waals surface area contributed by atoms with Crippen molar-refractivity contribution >= 4 is 0 Å². The molecule has 1 aromatic carbocycles. The van der Waals surface area contributed by atoms with Gasteiger partial charge >= 0.3 is 0 Å². The molecular weight excluding hydrogens is 292 g/mol. The molecule has 0 heterocycles. The van der Waals surface area contributed by atoms with Gasteiger partial charge in [-0.25, -0.2) is 0 Å². The molecule has 0 amide bonds. The first-order valence-electron chi connectivity index (χ1n) is 8.73. The van der Waals surface area contributed by atoms with E-state index in [-0.39, 0.29) is 26.4 Å². The molecule has 1 aromatic rings. The summed E-state index contributed by atoms with van der Waals surface area (Å²) in [6.07, 6.45) is 4.90. The standard InChI is InChI=1S/C19H32O4/c1-4-5-15(2)6-7-16(3)17-8-9-18(22-12-10-20)19(14-17)23-13-11-21/h8-9,14-16,20-21H,4-7,10-13H2,1-3H3. The minimum absolute atomic E-state index is 0.0340. The van der Waals surface area contributed by atoms with Gasteiger partial charge in [-0.15, -0.1) is 0 Å². The van der Waals surface area contributed by atoms with Gasteiger partial charge in [0, 0.05) is 0 Å². The predicted molar refractivity (Wildman–Crippen MR) is 93.3 cm³/mol. The first-order chi connectivity index (χ1) is 11.1. The summed E-state index contributed by atoms with van der Waals surface area (Å²) < 4.78 is 11.1. The van der Waals surface area contributed by atoms with Crippen LogP contribution in [0.2, 0.25) is 0 Å². The third kappa shape index (κ3) is 7.23. The second-order valence-corrected chi connectivity index (χ2v) is 6.22. The van der Waals surface area contributed by atoms with E-state index in [0.717, 1.165) is 12.3 Å². The van der Waals surface area contributed by atoms with Crippen LogP contribution in [0.1, 0.15) is 57.9 Å². The summed E-state index contributed by atoms with van der Waals surface area (Å²) in [5.41, 5.74) is 1.22. The minimum Gasteiger partial charge on any atom is -0.487 e.